The number of carbonyl (C=O) groups is 3. The van der Waals surface area contributed by atoms with Crippen LogP contribution in [0.2, 0.25) is 0 Å². The van der Waals surface area contributed by atoms with E-state index in [9.17, 15) is 14.4 Å². The van der Waals surface area contributed by atoms with Crippen molar-refractivity contribution >= 4 is 17.9 Å². The van der Waals surface area contributed by atoms with Gasteiger partial charge in [-0.25, -0.2) is 9.59 Å². The number of hydrogen-bond donors (Lipinski definition) is 3. The van der Waals surface area contributed by atoms with Crippen LogP contribution in [0.1, 0.15) is 33.1 Å². The molecule has 1 aliphatic heterocycles. The fourth-order valence-corrected chi connectivity index (χ4v) is 1.75. The topological polar surface area (TPSA) is 105 Å². The summed E-state index contributed by atoms with van der Waals surface area (Å²) in [5, 5.41) is 13.4. The zero-order valence-electron chi connectivity index (χ0n) is 11.7. The Morgan fingerprint density at radius 1 is 1.20 bits per heavy atom. The maximum atomic E-state index is 11.6. The second-order valence-corrected chi connectivity index (χ2v) is 4.71. The van der Waals surface area contributed by atoms with Crippen molar-refractivity contribution in [2.24, 2.45) is 0 Å². The number of imide groups is 1. The van der Waals surface area contributed by atoms with Gasteiger partial charge in [-0.15, -0.1) is 0 Å². The quantitative estimate of drug-likeness (QED) is 0.662. The van der Waals surface area contributed by atoms with Gasteiger partial charge in [0.2, 0.25) is 0 Å². The third-order valence-corrected chi connectivity index (χ3v) is 3.22. The number of urea groups is 1. The van der Waals surface area contributed by atoms with Crippen LogP contribution in [-0.2, 0) is 14.3 Å². The van der Waals surface area contributed by atoms with E-state index in [0.717, 1.165) is 19.3 Å². The maximum absolute atomic E-state index is 11.6. The summed E-state index contributed by atoms with van der Waals surface area (Å²) in [5.41, 5.74) is -0.0903. The molecule has 3 amide bonds. The smallest absolute Gasteiger partial charge is 0.331 e. The van der Waals surface area contributed by atoms with Crippen LogP contribution in [0.25, 0.3) is 0 Å². The van der Waals surface area contributed by atoms with Crippen LogP contribution < -0.4 is 10.6 Å². The van der Waals surface area contributed by atoms with Gasteiger partial charge in [-0.05, 0) is 33.1 Å². The van der Waals surface area contributed by atoms with E-state index in [1.54, 1.807) is 0 Å². The summed E-state index contributed by atoms with van der Waals surface area (Å²) < 4.78 is 5.44. The van der Waals surface area contributed by atoms with E-state index in [4.69, 9.17) is 9.84 Å². The van der Waals surface area contributed by atoms with E-state index < -0.39 is 17.9 Å². The van der Waals surface area contributed by atoms with Gasteiger partial charge in [0.05, 0.1) is 6.10 Å². The van der Waals surface area contributed by atoms with E-state index in [0.29, 0.717) is 13.2 Å². The van der Waals surface area contributed by atoms with Crippen molar-refractivity contribution in [3.8, 4) is 0 Å². The van der Waals surface area contributed by atoms with E-state index in [-0.39, 0.29) is 17.3 Å². The summed E-state index contributed by atoms with van der Waals surface area (Å²) >= 11 is 0. The van der Waals surface area contributed by atoms with Crippen LogP contribution >= 0.6 is 0 Å². The number of ether oxygens (including phenoxy) is 1. The minimum absolute atomic E-state index is 0.00145. The molecule has 1 unspecified atom stereocenters. The molecular weight excluding hydrogens is 264 g/mol. The fraction of sp³-hybridized carbons (Fsp3) is 0.615. The molecule has 0 bridgehead atoms. The molecule has 0 radical (unpaired) electrons. The van der Waals surface area contributed by atoms with Gasteiger partial charge >= 0.3 is 12.0 Å². The van der Waals surface area contributed by atoms with Crippen molar-refractivity contribution in [3.05, 3.63) is 11.1 Å². The number of hydrogen-bond acceptors (Lipinski definition) is 4. The Bertz CT molecular complexity index is 424. The summed E-state index contributed by atoms with van der Waals surface area (Å²) in [4.78, 5) is 33.9. The lowest BCUT2D eigenvalue weighted by Gasteiger charge is -2.22. The minimum Gasteiger partial charge on any atom is -0.478 e. The Hall–Kier alpha value is -1.89. The molecule has 0 saturated carbocycles. The molecule has 0 aliphatic carbocycles. The number of rotatable bonds is 4. The lowest BCUT2D eigenvalue weighted by atomic mass is 10.1. The average molecular weight is 284 g/mol. The molecule has 20 heavy (non-hydrogen) atoms. The van der Waals surface area contributed by atoms with Crippen LogP contribution in [0.15, 0.2) is 11.1 Å². The first kappa shape index (κ1) is 16.2. The Morgan fingerprint density at radius 3 is 2.45 bits per heavy atom. The van der Waals surface area contributed by atoms with Crippen molar-refractivity contribution in [3.63, 3.8) is 0 Å². The number of carboxylic acid groups (broad SMARTS) is 1. The van der Waals surface area contributed by atoms with Gasteiger partial charge in [0.1, 0.15) is 0 Å². The third-order valence-electron chi connectivity index (χ3n) is 3.22. The summed E-state index contributed by atoms with van der Waals surface area (Å²) in [7, 11) is 0. The summed E-state index contributed by atoms with van der Waals surface area (Å²) in [6.07, 6.45) is 2.94. The molecule has 1 atom stereocenters. The highest BCUT2D eigenvalue weighted by atomic mass is 16.5. The fourth-order valence-electron chi connectivity index (χ4n) is 1.75. The summed E-state index contributed by atoms with van der Waals surface area (Å²) in [6.45, 7) is 3.69. The predicted molar refractivity (Wildman–Crippen MR) is 71.1 cm³/mol. The second-order valence-electron chi connectivity index (χ2n) is 4.71. The third kappa shape index (κ3) is 5.00. The van der Waals surface area contributed by atoms with Crippen LogP contribution in [0.4, 0.5) is 4.79 Å². The second kappa shape index (κ2) is 7.64. The molecule has 0 aromatic rings. The molecule has 7 nitrogen and oxygen atoms in total. The monoisotopic (exact) mass is 284 g/mol. The molecule has 0 aromatic heterocycles. The Balaban J connectivity index is 2.40. The van der Waals surface area contributed by atoms with Crippen molar-refractivity contribution in [2.45, 2.75) is 39.2 Å². The summed E-state index contributed by atoms with van der Waals surface area (Å²) in [6, 6.07) is -0.651. The molecule has 7 heteroatoms. The number of nitrogens with one attached hydrogen (secondary N) is 2. The van der Waals surface area contributed by atoms with E-state index in [1.165, 1.54) is 13.8 Å². The molecule has 0 aromatic carbocycles. The van der Waals surface area contributed by atoms with E-state index >= 15 is 0 Å². The molecular formula is C13H20N2O5. The van der Waals surface area contributed by atoms with Gasteiger partial charge in [0.25, 0.3) is 5.91 Å². The Morgan fingerprint density at radius 2 is 1.90 bits per heavy atom. The highest BCUT2D eigenvalue weighted by molar-refractivity contribution is 6.07. The van der Waals surface area contributed by atoms with Crippen LogP contribution in [0, 0.1) is 0 Å². The standard InChI is InChI=1S/C13H20N2O5/c1-8(9(2)12(17)18)11(16)15-13(19)14-7-10-5-3-4-6-20-10/h10H,3-7H2,1-2H3,(H,17,18)(H2,14,15,16,19). The largest absolute Gasteiger partial charge is 0.478 e. The van der Waals surface area contributed by atoms with E-state index in [2.05, 4.69) is 10.6 Å². The number of carboxylic acids is 1. The minimum atomic E-state index is -1.19. The van der Waals surface area contributed by atoms with Gasteiger partial charge < -0.3 is 15.2 Å². The number of aliphatic carboxylic acids is 1. The normalized spacial score (nSPS) is 19.8. The van der Waals surface area contributed by atoms with Crippen LogP contribution in [0.5, 0.6) is 0 Å². The molecule has 1 aliphatic rings. The lowest BCUT2D eigenvalue weighted by Crippen LogP contribution is -2.44. The number of carbonyl (C=O) groups excluding carboxylic acids is 2. The molecule has 1 saturated heterocycles. The first-order valence-electron chi connectivity index (χ1n) is 6.53. The van der Waals surface area contributed by atoms with Gasteiger partial charge in [-0.3, -0.25) is 10.1 Å². The molecule has 112 valence electrons. The SMILES string of the molecule is CC(C(=O)O)=C(C)C(=O)NC(=O)NCC1CCCCO1. The predicted octanol–water partition coefficient (Wildman–Crippen LogP) is 0.802. The van der Waals surface area contributed by atoms with Crippen molar-refractivity contribution in [1.82, 2.24) is 10.6 Å². The Labute approximate surface area is 117 Å². The molecule has 1 rings (SSSR count). The van der Waals surface area contributed by atoms with Crippen molar-refractivity contribution in [2.75, 3.05) is 13.2 Å². The summed E-state index contributed by atoms with van der Waals surface area (Å²) in [5.74, 6) is -1.90. The zero-order chi connectivity index (χ0) is 15.1. The highest BCUT2D eigenvalue weighted by Crippen LogP contribution is 2.11. The average Bonchev–Trinajstić information content (AvgIpc) is 2.44. The first-order valence-corrected chi connectivity index (χ1v) is 6.53. The van der Waals surface area contributed by atoms with Crippen LogP contribution in [-0.4, -0.2) is 42.3 Å². The highest BCUT2D eigenvalue weighted by Gasteiger charge is 2.17. The van der Waals surface area contributed by atoms with Gasteiger partial charge in [-0.1, -0.05) is 0 Å². The Kier molecular flexibility index (Phi) is 6.17. The van der Waals surface area contributed by atoms with Crippen molar-refractivity contribution < 1.29 is 24.2 Å². The maximum Gasteiger partial charge on any atom is 0.331 e. The molecule has 1 heterocycles. The van der Waals surface area contributed by atoms with E-state index in [1.807, 2.05) is 0 Å². The van der Waals surface area contributed by atoms with Gasteiger partial charge in [0.15, 0.2) is 0 Å². The van der Waals surface area contributed by atoms with Crippen molar-refractivity contribution in [1.29, 1.82) is 0 Å². The molecule has 1 fully saturated rings. The zero-order valence-corrected chi connectivity index (χ0v) is 11.7. The lowest BCUT2D eigenvalue weighted by molar-refractivity contribution is -0.133. The van der Waals surface area contributed by atoms with Gasteiger partial charge in [-0.2, -0.15) is 0 Å². The first-order chi connectivity index (χ1) is 9.41. The van der Waals surface area contributed by atoms with Gasteiger partial charge in [0, 0.05) is 24.3 Å². The van der Waals surface area contributed by atoms with Crippen LogP contribution in [0.3, 0.4) is 0 Å². The number of amides is 3. The molecule has 0 spiro atoms. The molecule has 3 N–H and O–H groups in total.